The molecule has 1 unspecified atom stereocenters. The van der Waals surface area contributed by atoms with Crippen LogP contribution in [-0.2, 0) is 5.41 Å². The van der Waals surface area contributed by atoms with Crippen LogP contribution in [-0.4, -0.2) is 18.0 Å². The van der Waals surface area contributed by atoms with Crippen LogP contribution in [0.4, 0.5) is 8.78 Å². The molecule has 0 aromatic heterocycles. The van der Waals surface area contributed by atoms with Crippen molar-refractivity contribution in [1.29, 1.82) is 5.26 Å². The largest absolute Gasteiger partial charge is 0.586 e. The molecule has 0 fully saturated rings. The fourth-order valence-electron chi connectivity index (χ4n) is 1.48. The molecule has 1 atom stereocenters. The summed E-state index contributed by atoms with van der Waals surface area (Å²) >= 11 is 0. The number of nitrogens with zero attached hydrogens (tertiary/aromatic N) is 1. The van der Waals surface area contributed by atoms with Crippen molar-refractivity contribution in [3.63, 3.8) is 0 Å². The van der Waals surface area contributed by atoms with E-state index < -0.39 is 18.3 Å². The number of aliphatic hydroxyl groups excluding tert-OH is 1. The highest BCUT2D eigenvalue weighted by molar-refractivity contribution is 5.48. The maximum absolute atomic E-state index is 12.8. The molecule has 1 aromatic carbocycles. The van der Waals surface area contributed by atoms with Crippen molar-refractivity contribution in [2.75, 3.05) is 6.61 Å². The van der Waals surface area contributed by atoms with Crippen LogP contribution in [0.3, 0.4) is 0 Å². The number of ether oxygens (including phenoxy) is 2. The van der Waals surface area contributed by atoms with Gasteiger partial charge >= 0.3 is 6.29 Å². The highest BCUT2D eigenvalue weighted by Gasteiger charge is 2.44. The molecule has 4 nitrogen and oxygen atoms in total. The van der Waals surface area contributed by atoms with Crippen molar-refractivity contribution in [3.8, 4) is 17.6 Å². The Hall–Kier alpha value is -1.87. The molecular formula is C11H9F2NO3. The smallest absolute Gasteiger partial charge is 0.395 e. The SMILES string of the molecule is CC(C#N)(CO)c1ccc2c(c1)OC(F)(F)O2. The minimum absolute atomic E-state index is 0.0861. The Labute approximate surface area is 96.0 Å². The molecule has 6 heteroatoms. The molecule has 0 spiro atoms. The Morgan fingerprint density at radius 1 is 1.41 bits per heavy atom. The molecule has 1 N–H and O–H groups in total. The molecule has 0 bridgehead atoms. The van der Waals surface area contributed by atoms with E-state index in [1.807, 2.05) is 6.07 Å². The van der Waals surface area contributed by atoms with Gasteiger partial charge in [-0.2, -0.15) is 5.26 Å². The molecule has 1 aromatic rings. The van der Waals surface area contributed by atoms with E-state index in [1.54, 1.807) is 0 Å². The Balaban J connectivity index is 2.41. The minimum Gasteiger partial charge on any atom is -0.395 e. The van der Waals surface area contributed by atoms with Gasteiger partial charge in [-0.1, -0.05) is 6.07 Å². The van der Waals surface area contributed by atoms with Crippen LogP contribution in [0.15, 0.2) is 18.2 Å². The van der Waals surface area contributed by atoms with Gasteiger partial charge < -0.3 is 14.6 Å². The first-order valence-corrected chi connectivity index (χ1v) is 4.83. The summed E-state index contributed by atoms with van der Waals surface area (Å²) in [4.78, 5) is 0. The number of fused-ring (bicyclic) bond motifs is 1. The lowest BCUT2D eigenvalue weighted by atomic mass is 9.85. The lowest BCUT2D eigenvalue weighted by molar-refractivity contribution is -0.286. The summed E-state index contributed by atoms with van der Waals surface area (Å²) in [5.41, 5.74) is -0.765. The number of aliphatic hydroxyl groups is 1. The minimum atomic E-state index is -3.68. The lowest BCUT2D eigenvalue weighted by Gasteiger charge is -2.18. The van der Waals surface area contributed by atoms with Crippen LogP contribution in [0.1, 0.15) is 12.5 Å². The molecule has 1 aliphatic heterocycles. The topological polar surface area (TPSA) is 62.5 Å². The van der Waals surface area contributed by atoms with Crippen molar-refractivity contribution >= 4 is 0 Å². The number of rotatable bonds is 2. The first-order valence-electron chi connectivity index (χ1n) is 4.83. The highest BCUT2D eigenvalue weighted by Crippen LogP contribution is 2.42. The van der Waals surface area contributed by atoms with Crippen LogP contribution in [0.5, 0.6) is 11.5 Å². The lowest BCUT2D eigenvalue weighted by Crippen LogP contribution is -2.26. The van der Waals surface area contributed by atoms with E-state index >= 15 is 0 Å². The maximum atomic E-state index is 12.8. The Morgan fingerprint density at radius 3 is 2.65 bits per heavy atom. The van der Waals surface area contributed by atoms with Crippen molar-refractivity contribution in [2.24, 2.45) is 0 Å². The van der Waals surface area contributed by atoms with Crippen molar-refractivity contribution in [2.45, 2.75) is 18.6 Å². The Morgan fingerprint density at radius 2 is 2.06 bits per heavy atom. The van der Waals surface area contributed by atoms with Gasteiger partial charge in [0.2, 0.25) is 0 Å². The predicted octanol–water partition coefficient (Wildman–Crippen LogP) is 1.78. The van der Waals surface area contributed by atoms with E-state index in [0.29, 0.717) is 5.56 Å². The first-order chi connectivity index (χ1) is 7.90. The van der Waals surface area contributed by atoms with E-state index in [9.17, 15) is 8.78 Å². The standard InChI is InChI=1S/C11H9F2NO3/c1-10(5-14,6-15)7-2-3-8-9(4-7)17-11(12,13)16-8/h2-4,15H,6H2,1H3. The summed E-state index contributed by atoms with van der Waals surface area (Å²) in [7, 11) is 0. The molecule has 0 saturated carbocycles. The van der Waals surface area contributed by atoms with Gasteiger partial charge in [0, 0.05) is 0 Å². The number of benzene rings is 1. The Bertz CT molecular complexity index is 498. The summed E-state index contributed by atoms with van der Waals surface area (Å²) < 4.78 is 34.0. The number of halogens is 2. The van der Waals surface area contributed by atoms with Crippen molar-refractivity contribution in [1.82, 2.24) is 0 Å². The van der Waals surface area contributed by atoms with Gasteiger partial charge in [0.1, 0.15) is 5.41 Å². The molecule has 0 radical (unpaired) electrons. The van der Waals surface area contributed by atoms with Crippen LogP contribution in [0, 0.1) is 11.3 Å². The predicted molar refractivity (Wildman–Crippen MR) is 52.7 cm³/mol. The third-order valence-electron chi connectivity index (χ3n) is 2.60. The average Bonchev–Trinajstić information content (AvgIpc) is 2.60. The molecule has 0 amide bonds. The van der Waals surface area contributed by atoms with Gasteiger partial charge in [-0.3, -0.25) is 0 Å². The number of hydrogen-bond acceptors (Lipinski definition) is 4. The zero-order valence-corrected chi connectivity index (χ0v) is 8.91. The van der Waals surface area contributed by atoms with Crippen molar-refractivity contribution < 1.29 is 23.4 Å². The third-order valence-corrected chi connectivity index (χ3v) is 2.60. The molecule has 90 valence electrons. The summed E-state index contributed by atoms with van der Waals surface area (Å²) in [5.74, 6) is -0.223. The van der Waals surface area contributed by atoms with Gasteiger partial charge in [0.15, 0.2) is 11.5 Å². The van der Waals surface area contributed by atoms with Gasteiger partial charge in [0.05, 0.1) is 12.7 Å². The fourth-order valence-corrected chi connectivity index (χ4v) is 1.48. The molecule has 0 aliphatic carbocycles. The summed E-state index contributed by atoms with van der Waals surface area (Å²) in [6, 6.07) is 5.93. The number of alkyl halides is 2. The molecule has 17 heavy (non-hydrogen) atoms. The molecular weight excluding hydrogens is 232 g/mol. The van der Waals surface area contributed by atoms with E-state index in [4.69, 9.17) is 10.4 Å². The second-order valence-corrected chi connectivity index (χ2v) is 3.93. The zero-order valence-electron chi connectivity index (χ0n) is 8.91. The van der Waals surface area contributed by atoms with Gasteiger partial charge in [-0.15, -0.1) is 8.78 Å². The fraction of sp³-hybridized carbons (Fsp3) is 0.364. The van der Waals surface area contributed by atoms with Crippen LogP contribution in [0.2, 0.25) is 0 Å². The first kappa shape index (κ1) is 11.6. The maximum Gasteiger partial charge on any atom is 0.586 e. The van der Waals surface area contributed by atoms with Crippen LogP contribution < -0.4 is 9.47 Å². The highest BCUT2D eigenvalue weighted by atomic mass is 19.3. The molecule has 1 heterocycles. The summed E-state index contributed by atoms with van der Waals surface area (Å²) in [5, 5.41) is 18.1. The van der Waals surface area contributed by atoms with E-state index in [2.05, 4.69) is 9.47 Å². The summed E-state index contributed by atoms with van der Waals surface area (Å²) in [6.07, 6.45) is -3.68. The third kappa shape index (κ3) is 1.89. The Kier molecular flexibility index (Phi) is 2.44. The van der Waals surface area contributed by atoms with Crippen LogP contribution >= 0.6 is 0 Å². The normalized spacial score (nSPS) is 19.5. The van der Waals surface area contributed by atoms with Crippen LogP contribution in [0.25, 0.3) is 0 Å². The van der Waals surface area contributed by atoms with E-state index in [1.165, 1.54) is 25.1 Å². The number of nitriles is 1. The van der Waals surface area contributed by atoms with E-state index in [0.717, 1.165) is 0 Å². The zero-order chi connectivity index (χ0) is 12.7. The molecule has 1 aliphatic rings. The molecule has 0 saturated heterocycles. The second kappa shape index (κ2) is 3.57. The number of hydrogen-bond donors (Lipinski definition) is 1. The van der Waals surface area contributed by atoms with E-state index in [-0.39, 0.29) is 11.5 Å². The van der Waals surface area contributed by atoms with Gasteiger partial charge in [-0.05, 0) is 24.6 Å². The van der Waals surface area contributed by atoms with Gasteiger partial charge in [-0.25, -0.2) is 0 Å². The molecule has 2 rings (SSSR count). The van der Waals surface area contributed by atoms with Crippen molar-refractivity contribution in [3.05, 3.63) is 23.8 Å². The summed E-state index contributed by atoms with van der Waals surface area (Å²) in [6.45, 7) is 1.09. The quantitative estimate of drug-likeness (QED) is 0.857. The van der Waals surface area contributed by atoms with Gasteiger partial charge in [0.25, 0.3) is 0 Å². The average molecular weight is 241 g/mol. The second-order valence-electron chi connectivity index (χ2n) is 3.93. The monoisotopic (exact) mass is 241 g/mol.